The van der Waals surface area contributed by atoms with Crippen LogP contribution in [0.1, 0.15) is 40.7 Å². The van der Waals surface area contributed by atoms with Crippen molar-refractivity contribution in [3.8, 4) is 0 Å². The molecule has 1 aliphatic rings. The average molecular weight is 349 g/mol. The van der Waals surface area contributed by atoms with Crippen LogP contribution in [-0.2, 0) is 6.42 Å². The number of aryl methyl sites for hydroxylation is 2. The molecule has 0 saturated carbocycles. The van der Waals surface area contributed by atoms with Gasteiger partial charge in [0.1, 0.15) is 17.3 Å². The maximum absolute atomic E-state index is 12.9. The highest BCUT2D eigenvalue weighted by Crippen LogP contribution is 2.22. The van der Waals surface area contributed by atoms with Crippen molar-refractivity contribution >= 4 is 16.9 Å². The summed E-state index contributed by atoms with van der Waals surface area (Å²) < 4.78 is 0. The number of carbonyl (C=O) groups is 1. The molecule has 3 heterocycles. The summed E-state index contributed by atoms with van der Waals surface area (Å²) >= 11 is 0. The maximum Gasteiger partial charge on any atom is 0.272 e. The fourth-order valence-corrected chi connectivity index (χ4v) is 3.78. The van der Waals surface area contributed by atoms with Crippen LogP contribution in [0.4, 0.5) is 0 Å². The third-order valence-electron chi connectivity index (χ3n) is 4.91. The molecule has 6 nitrogen and oxygen atoms in total. The number of aromatic nitrogens is 4. The number of amides is 1. The Morgan fingerprint density at radius 1 is 1.23 bits per heavy atom. The van der Waals surface area contributed by atoms with Gasteiger partial charge in [0.25, 0.3) is 5.91 Å². The number of hydrogen-bond donors (Lipinski definition) is 1. The summed E-state index contributed by atoms with van der Waals surface area (Å²) in [5, 5.41) is 0. The monoisotopic (exact) mass is 349 g/mol. The minimum absolute atomic E-state index is 0.00732. The number of rotatable bonds is 3. The second-order valence-corrected chi connectivity index (χ2v) is 7.11. The number of piperidine rings is 1. The summed E-state index contributed by atoms with van der Waals surface area (Å²) in [5.74, 6) is 2.06. The molecule has 1 aromatic carbocycles. The number of nitrogens with one attached hydrogen (secondary N) is 1. The van der Waals surface area contributed by atoms with Crippen molar-refractivity contribution in [3.63, 3.8) is 0 Å². The summed E-state index contributed by atoms with van der Waals surface area (Å²) in [6.07, 6.45) is 2.99. The van der Waals surface area contributed by atoms with Crippen molar-refractivity contribution in [2.24, 2.45) is 5.92 Å². The molecule has 0 spiro atoms. The van der Waals surface area contributed by atoms with Gasteiger partial charge in [-0.25, -0.2) is 15.0 Å². The van der Waals surface area contributed by atoms with Gasteiger partial charge in [0.2, 0.25) is 0 Å². The molecule has 6 heteroatoms. The van der Waals surface area contributed by atoms with Gasteiger partial charge in [-0.2, -0.15) is 0 Å². The zero-order chi connectivity index (χ0) is 18.1. The van der Waals surface area contributed by atoms with E-state index in [2.05, 4.69) is 19.9 Å². The van der Waals surface area contributed by atoms with Crippen LogP contribution in [0.25, 0.3) is 11.0 Å². The number of hydrogen-bond acceptors (Lipinski definition) is 4. The minimum Gasteiger partial charge on any atom is -0.342 e. The van der Waals surface area contributed by atoms with E-state index >= 15 is 0 Å². The molecule has 1 aliphatic heterocycles. The highest BCUT2D eigenvalue weighted by Gasteiger charge is 2.26. The van der Waals surface area contributed by atoms with Gasteiger partial charge in [-0.15, -0.1) is 0 Å². The summed E-state index contributed by atoms with van der Waals surface area (Å²) in [6.45, 7) is 5.26. The molecule has 1 amide bonds. The first-order valence-electron chi connectivity index (χ1n) is 9.13. The second-order valence-electron chi connectivity index (χ2n) is 7.11. The molecular formula is C20H23N5O. The van der Waals surface area contributed by atoms with Crippen LogP contribution < -0.4 is 0 Å². The lowest BCUT2D eigenvalue weighted by atomic mass is 9.94. The molecule has 0 unspecified atom stereocenters. The molecule has 1 atom stereocenters. The Bertz CT molecular complexity index is 895. The zero-order valence-corrected chi connectivity index (χ0v) is 15.2. The lowest BCUT2D eigenvalue weighted by Crippen LogP contribution is -2.41. The van der Waals surface area contributed by atoms with Crippen LogP contribution in [0.2, 0.25) is 0 Å². The third kappa shape index (κ3) is 3.45. The SMILES string of the molecule is Cc1cc(C(=O)N2CCC[C@H](Cc3nc4ccccc4[nH]3)C2)nc(C)n1. The molecule has 1 N–H and O–H groups in total. The lowest BCUT2D eigenvalue weighted by Gasteiger charge is -2.32. The topological polar surface area (TPSA) is 74.8 Å². The predicted molar refractivity (Wildman–Crippen MR) is 99.9 cm³/mol. The van der Waals surface area contributed by atoms with Gasteiger partial charge in [-0.3, -0.25) is 4.79 Å². The predicted octanol–water partition coefficient (Wildman–Crippen LogP) is 3.06. The van der Waals surface area contributed by atoms with Gasteiger partial charge in [0, 0.05) is 25.2 Å². The van der Waals surface area contributed by atoms with E-state index in [0.29, 0.717) is 17.4 Å². The van der Waals surface area contributed by atoms with Crippen molar-refractivity contribution < 1.29 is 4.79 Å². The van der Waals surface area contributed by atoms with E-state index in [1.165, 1.54) is 0 Å². The first kappa shape index (κ1) is 16.7. The van der Waals surface area contributed by atoms with Gasteiger partial charge in [-0.05, 0) is 50.8 Å². The normalized spacial score (nSPS) is 17.6. The molecule has 4 rings (SSSR count). The van der Waals surface area contributed by atoms with Crippen LogP contribution in [-0.4, -0.2) is 43.8 Å². The molecule has 0 bridgehead atoms. The first-order valence-corrected chi connectivity index (χ1v) is 9.13. The van der Waals surface area contributed by atoms with Crippen LogP contribution >= 0.6 is 0 Å². The number of para-hydroxylation sites is 2. The Morgan fingerprint density at radius 3 is 2.88 bits per heavy atom. The first-order chi connectivity index (χ1) is 12.6. The van der Waals surface area contributed by atoms with E-state index in [4.69, 9.17) is 0 Å². The third-order valence-corrected chi connectivity index (χ3v) is 4.91. The fourth-order valence-electron chi connectivity index (χ4n) is 3.78. The molecule has 1 saturated heterocycles. The Morgan fingerprint density at radius 2 is 2.08 bits per heavy atom. The molecular weight excluding hydrogens is 326 g/mol. The fraction of sp³-hybridized carbons (Fsp3) is 0.400. The number of H-pyrrole nitrogens is 1. The number of carbonyl (C=O) groups excluding carboxylic acids is 1. The second kappa shape index (κ2) is 6.86. The van der Waals surface area contributed by atoms with E-state index < -0.39 is 0 Å². The van der Waals surface area contributed by atoms with Crippen molar-refractivity contribution in [1.29, 1.82) is 0 Å². The Balaban J connectivity index is 1.47. The molecule has 134 valence electrons. The summed E-state index contributed by atoms with van der Waals surface area (Å²) in [5.41, 5.74) is 3.40. The van der Waals surface area contributed by atoms with E-state index in [1.807, 2.05) is 43.0 Å². The maximum atomic E-state index is 12.9. The van der Waals surface area contributed by atoms with Crippen LogP contribution in [0.15, 0.2) is 30.3 Å². The van der Waals surface area contributed by atoms with E-state index in [9.17, 15) is 4.79 Å². The number of fused-ring (bicyclic) bond motifs is 1. The minimum atomic E-state index is 0.00732. The smallest absolute Gasteiger partial charge is 0.272 e. The molecule has 26 heavy (non-hydrogen) atoms. The highest BCUT2D eigenvalue weighted by atomic mass is 16.2. The van der Waals surface area contributed by atoms with Gasteiger partial charge in [0.05, 0.1) is 11.0 Å². The average Bonchev–Trinajstić information content (AvgIpc) is 3.02. The molecule has 1 fully saturated rings. The highest BCUT2D eigenvalue weighted by molar-refractivity contribution is 5.92. The quantitative estimate of drug-likeness (QED) is 0.788. The van der Waals surface area contributed by atoms with E-state index in [-0.39, 0.29) is 5.91 Å². The van der Waals surface area contributed by atoms with E-state index in [1.54, 1.807) is 6.07 Å². The number of nitrogens with zero attached hydrogens (tertiary/aromatic N) is 4. The largest absolute Gasteiger partial charge is 0.342 e. The van der Waals surface area contributed by atoms with Crippen molar-refractivity contribution in [2.75, 3.05) is 13.1 Å². The van der Waals surface area contributed by atoms with Crippen molar-refractivity contribution in [2.45, 2.75) is 33.1 Å². The van der Waals surface area contributed by atoms with E-state index in [0.717, 1.165) is 54.9 Å². The van der Waals surface area contributed by atoms with Crippen LogP contribution in [0.3, 0.4) is 0 Å². The standard InChI is InChI=1S/C20H23N5O/c1-13-10-18(22-14(2)21-13)20(26)25-9-5-6-15(12-25)11-19-23-16-7-3-4-8-17(16)24-19/h3-4,7-8,10,15H,5-6,9,11-12H2,1-2H3,(H,23,24)/t15-/m1/s1. The number of likely N-dealkylation sites (tertiary alicyclic amines) is 1. The molecule has 0 aliphatic carbocycles. The van der Waals surface area contributed by atoms with Crippen LogP contribution in [0.5, 0.6) is 0 Å². The number of aromatic amines is 1. The summed E-state index contributed by atoms with van der Waals surface area (Å²) in [6, 6.07) is 9.85. The summed E-state index contributed by atoms with van der Waals surface area (Å²) in [4.78, 5) is 31.4. The van der Waals surface area contributed by atoms with Crippen LogP contribution in [0, 0.1) is 19.8 Å². The lowest BCUT2D eigenvalue weighted by molar-refractivity contribution is 0.0665. The van der Waals surface area contributed by atoms with Gasteiger partial charge >= 0.3 is 0 Å². The summed E-state index contributed by atoms with van der Waals surface area (Å²) in [7, 11) is 0. The molecule has 3 aromatic rings. The van der Waals surface area contributed by atoms with Crippen molar-refractivity contribution in [3.05, 3.63) is 53.4 Å². The zero-order valence-electron chi connectivity index (χ0n) is 15.2. The number of imidazole rings is 1. The Hall–Kier alpha value is -2.76. The van der Waals surface area contributed by atoms with Gasteiger partial charge < -0.3 is 9.88 Å². The Kier molecular flexibility index (Phi) is 4.41. The van der Waals surface area contributed by atoms with Crippen molar-refractivity contribution in [1.82, 2.24) is 24.8 Å². The molecule has 2 aromatic heterocycles. The Labute approximate surface area is 152 Å². The van der Waals surface area contributed by atoms with Gasteiger partial charge in [-0.1, -0.05) is 12.1 Å². The molecule has 0 radical (unpaired) electrons. The van der Waals surface area contributed by atoms with Gasteiger partial charge in [0.15, 0.2) is 0 Å². The number of benzene rings is 1.